The lowest BCUT2D eigenvalue weighted by Crippen LogP contribution is -2.07. The normalized spacial score (nSPS) is 10.7. The van der Waals surface area contributed by atoms with E-state index in [1.165, 1.54) is 6.07 Å². The zero-order valence-electron chi connectivity index (χ0n) is 10.2. The summed E-state index contributed by atoms with van der Waals surface area (Å²) >= 11 is 0. The summed E-state index contributed by atoms with van der Waals surface area (Å²) in [6.45, 7) is -2.91. The minimum Gasteiger partial charge on any atom is -0.434 e. The van der Waals surface area contributed by atoms with E-state index >= 15 is 0 Å². The van der Waals surface area contributed by atoms with Gasteiger partial charge in [0, 0.05) is 12.1 Å². The number of para-hydroxylation sites is 1. The van der Waals surface area contributed by atoms with Gasteiger partial charge in [0.2, 0.25) is 0 Å². The zero-order valence-corrected chi connectivity index (χ0v) is 10.2. The Labute approximate surface area is 113 Å². The van der Waals surface area contributed by atoms with Crippen LogP contribution in [0, 0.1) is 11.6 Å². The van der Waals surface area contributed by atoms with Crippen LogP contribution in [0.5, 0.6) is 5.75 Å². The van der Waals surface area contributed by atoms with Gasteiger partial charge in [-0.25, -0.2) is 8.78 Å². The highest BCUT2D eigenvalue weighted by molar-refractivity contribution is 5.46. The first-order valence-corrected chi connectivity index (χ1v) is 5.78. The molecule has 0 aliphatic carbocycles. The van der Waals surface area contributed by atoms with Gasteiger partial charge in [0.05, 0.1) is 5.69 Å². The second-order valence-electron chi connectivity index (χ2n) is 3.96. The van der Waals surface area contributed by atoms with Crippen LogP contribution in [0.15, 0.2) is 42.5 Å². The van der Waals surface area contributed by atoms with Crippen molar-refractivity contribution in [2.75, 3.05) is 5.32 Å². The molecule has 0 radical (unpaired) electrons. The van der Waals surface area contributed by atoms with E-state index in [1.54, 1.807) is 18.2 Å². The predicted molar refractivity (Wildman–Crippen MR) is 66.8 cm³/mol. The largest absolute Gasteiger partial charge is 0.434 e. The van der Waals surface area contributed by atoms with E-state index in [2.05, 4.69) is 10.1 Å². The fourth-order valence-electron chi connectivity index (χ4n) is 1.68. The van der Waals surface area contributed by atoms with Crippen LogP contribution in [0.2, 0.25) is 0 Å². The summed E-state index contributed by atoms with van der Waals surface area (Å²) < 4.78 is 55.2. The molecule has 0 spiro atoms. The van der Waals surface area contributed by atoms with E-state index in [-0.39, 0.29) is 18.0 Å². The van der Waals surface area contributed by atoms with Gasteiger partial charge in [0.15, 0.2) is 0 Å². The third kappa shape index (κ3) is 3.63. The van der Waals surface area contributed by atoms with Crippen molar-refractivity contribution in [2.24, 2.45) is 0 Å². The number of ether oxygens (including phenoxy) is 1. The maximum atomic E-state index is 13.4. The Kier molecular flexibility index (Phi) is 4.45. The van der Waals surface area contributed by atoms with E-state index in [0.29, 0.717) is 5.56 Å². The van der Waals surface area contributed by atoms with Gasteiger partial charge in [0.1, 0.15) is 17.4 Å². The van der Waals surface area contributed by atoms with Crippen LogP contribution in [0.3, 0.4) is 0 Å². The molecular weight excluding hydrogens is 274 g/mol. The van der Waals surface area contributed by atoms with E-state index in [0.717, 1.165) is 18.2 Å². The summed E-state index contributed by atoms with van der Waals surface area (Å²) in [5.74, 6) is -1.23. The first-order valence-electron chi connectivity index (χ1n) is 5.78. The molecule has 106 valence electrons. The average molecular weight is 285 g/mol. The minimum absolute atomic E-state index is 0.00758. The van der Waals surface area contributed by atoms with Gasteiger partial charge in [-0.3, -0.25) is 0 Å². The standard InChI is InChI=1S/C14H11F4NO/c15-10-5-6-11(16)12(7-10)19-8-9-3-1-2-4-13(9)20-14(17)18/h1-7,14,19H,8H2. The maximum absolute atomic E-state index is 13.4. The fourth-order valence-corrected chi connectivity index (χ4v) is 1.68. The van der Waals surface area contributed by atoms with Gasteiger partial charge in [0.25, 0.3) is 0 Å². The Hall–Kier alpha value is -2.24. The molecule has 2 rings (SSSR count). The Balaban J connectivity index is 2.12. The first kappa shape index (κ1) is 14.2. The molecule has 0 aliphatic heterocycles. The van der Waals surface area contributed by atoms with Crippen molar-refractivity contribution in [1.29, 1.82) is 0 Å². The lowest BCUT2D eigenvalue weighted by molar-refractivity contribution is -0.0504. The fraction of sp³-hybridized carbons (Fsp3) is 0.143. The highest BCUT2D eigenvalue weighted by Gasteiger charge is 2.10. The number of halogens is 4. The highest BCUT2D eigenvalue weighted by Crippen LogP contribution is 2.22. The van der Waals surface area contributed by atoms with E-state index in [9.17, 15) is 17.6 Å². The number of rotatable bonds is 5. The molecule has 0 aliphatic rings. The molecule has 6 heteroatoms. The quantitative estimate of drug-likeness (QED) is 0.832. The van der Waals surface area contributed by atoms with Gasteiger partial charge >= 0.3 is 6.61 Å². The van der Waals surface area contributed by atoms with Crippen molar-refractivity contribution in [1.82, 2.24) is 0 Å². The van der Waals surface area contributed by atoms with Crippen LogP contribution in [0.4, 0.5) is 23.2 Å². The third-order valence-electron chi connectivity index (χ3n) is 2.59. The maximum Gasteiger partial charge on any atom is 0.387 e. The number of anilines is 1. The van der Waals surface area contributed by atoms with E-state index in [4.69, 9.17) is 0 Å². The highest BCUT2D eigenvalue weighted by atomic mass is 19.3. The van der Waals surface area contributed by atoms with Crippen LogP contribution in [0.25, 0.3) is 0 Å². The summed E-state index contributed by atoms with van der Waals surface area (Å²) in [6.07, 6.45) is 0. The van der Waals surface area contributed by atoms with Crippen LogP contribution in [-0.2, 0) is 6.54 Å². The summed E-state index contributed by atoms with van der Waals surface area (Å²) in [7, 11) is 0. The predicted octanol–water partition coefficient (Wildman–Crippen LogP) is 4.18. The monoisotopic (exact) mass is 285 g/mol. The summed E-state index contributed by atoms with van der Waals surface area (Å²) in [5.41, 5.74) is 0.369. The Morgan fingerprint density at radius 3 is 2.55 bits per heavy atom. The summed E-state index contributed by atoms with van der Waals surface area (Å²) in [4.78, 5) is 0. The molecule has 0 amide bonds. The van der Waals surface area contributed by atoms with Crippen molar-refractivity contribution >= 4 is 5.69 Å². The average Bonchev–Trinajstić information content (AvgIpc) is 2.41. The Morgan fingerprint density at radius 2 is 1.80 bits per heavy atom. The molecule has 20 heavy (non-hydrogen) atoms. The van der Waals surface area contributed by atoms with Gasteiger partial charge < -0.3 is 10.1 Å². The lowest BCUT2D eigenvalue weighted by Gasteiger charge is -2.12. The Bertz CT molecular complexity index is 589. The van der Waals surface area contributed by atoms with Crippen molar-refractivity contribution in [3.63, 3.8) is 0 Å². The van der Waals surface area contributed by atoms with E-state index in [1.807, 2.05) is 0 Å². The second kappa shape index (κ2) is 6.27. The number of hydrogen-bond donors (Lipinski definition) is 1. The lowest BCUT2D eigenvalue weighted by atomic mass is 10.2. The Morgan fingerprint density at radius 1 is 1.05 bits per heavy atom. The molecule has 0 fully saturated rings. The number of nitrogens with one attached hydrogen (secondary N) is 1. The minimum atomic E-state index is -2.94. The SMILES string of the molecule is Fc1ccc(F)c(NCc2ccccc2OC(F)F)c1. The van der Waals surface area contributed by atoms with Gasteiger partial charge in [-0.05, 0) is 24.3 Å². The van der Waals surface area contributed by atoms with Crippen LogP contribution in [0.1, 0.15) is 5.56 Å². The second-order valence-corrected chi connectivity index (χ2v) is 3.96. The molecule has 1 N–H and O–H groups in total. The van der Waals surface area contributed by atoms with Gasteiger partial charge in [-0.15, -0.1) is 0 Å². The molecule has 0 heterocycles. The molecule has 2 nitrogen and oxygen atoms in total. The topological polar surface area (TPSA) is 21.3 Å². The number of hydrogen-bond acceptors (Lipinski definition) is 2. The summed E-state index contributed by atoms with van der Waals surface area (Å²) in [6, 6.07) is 9.09. The van der Waals surface area contributed by atoms with E-state index < -0.39 is 18.2 Å². The van der Waals surface area contributed by atoms with Crippen LogP contribution >= 0.6 is 0 Å². The van der Waals surface area contributed by atoms with Gasteiger partial charge in [-0.1, -0.05) is 18.2 Å². The van der Waals surface area contributed by atoms with Crippen molar-refractivity contribution in [3.05, 3.63) is 59.7 Å². The summed E-state index contributed by atoms with van der Waals surface area (Å²) in [5, 5.41) is 2.64. The zero-order chi connectivity index (χ0) is 14.5. The molecule has 0 aromatic heterocycles. The first-order chi connectivity index (χ1) is 9.56. The third-order valence-corrected chi connectivity index (χ3v) is 2.59. The molecule has 0 atom stereocenters. The molecule has 0 saturated heterocycles. The van der Waals surface area contributed by atoms with Crippen LogP contribution in [-0.4, -0.2) is 6.61 Å². The smallest absolute Gasteiger partial charge is 0.387 e. The molecular formula is C14H11F4NO. The van der Waals surface area contributed by atoms with Crippen molar-refractivity contribution in [3.8, 4) is 5.75 Å². The number of alkyl halides is 2. The van der Waals surface area contributed by atoms with Crippen molar-refractivity contribution < 1.29 is 22.3 Å². The molecule has 2 aromatic carbocycles. The van der Waals surface area contributed by atoms with Gasteiger partial charge in [-0.2, -0.15) is 8.78 Å². The molecule has 0 bridgehead atoms. The number of benzene rings is 2. The van der Waals surface area contributed by atoms with Crippen LogP contribution < -0.4 is 10.1 Å². The molecule has 0 unspecified atom stereocenters. The molecule has 0 saturated carbocycles. The molecule has 2 aromatic rings. The van der Waals surface area contributed by atoms with Crippen molar-refractivity contribution in [2.45, 2.75) is 13.2 Å².